The summed E-state index contributed by atoms with van der Waals surface area (Å²) >= 11 is 0. The molecule has 0 bridgehead atoms. The Morgan fingerprint density at radius 2 is 1.83 bits per heavy atom. The van der Waals surface area contributed by atoms with E-state index in [1.807, 2.05) is 24.3 Å². The second-order valence-electron chi connectivity index (χ2n) is 4.95. The molecule has 6 heteroatoms. The third-order valence-electron chi connectivity index (χ3n) is 3.25. The van der Waals surface area contributed by atoms with Gasteiger partial charge in [-0.05, 0) is 29.3 Å². The summed E-state index contributed by atoms with van der Waals surface area (Å²) in [7, 11) is 1.63. The number of amides is 3. The molecule has 2 aromatic carbocycles. The molecule has 6 nitrogen and oxygen atoms in total. The van der Waals surface area contributed by atoms with Gasteiger partial charge in [0.1, 0.15) is 0 Å². The Kier molecular flexibility index (Phi) is 5.71. The average Bonchev–Trinajstić information content (AvgIpc) is 2.53. The number of carbonyl (C=O) groups excluding carboxylic acids is 2. The van der Waals surface area contributed by atoms with Crippen LogP contribution in [0.1, 0.15) is 21.5 Å². The lowest BCUT2D eigenvalue weighted by Gasteiger charge is -2.11. The molecule has 0 aliphatic heterocycles. The van der Waals surface area contributed by atoms with Gasteiger partial charge in [0, 0.05) is 24.9 Å². The van der Waals surface area contributed by atoms with Gasteiger partial charge in [0.2, 0.25) is 0 Å². The molecule has 23 heavy (non-hydrogen) atoms. The van der Waals surface area contributed by atoms with E-state index in [1.54, 1.807) is 31.4 Å². The molecular weight excluding hydrogens is 294 g/mol. The number of nitrogens with one attached hydrogen (secondary N) is 2. The maximum atomic E-state index is 12.2. The Balaban J connectivity index is 2.04. The summed E-state index contributed by atoms with van der Waals surface area (Å²) in [6, 6.07) is 13.7. The van der Waals surface area contributed by atoms with Gasteiger partial charge in [0.15, 0.2) is 0 Å². The molecule has 0 aliphatic carbocycles. The van der Waals surface area contributed by atoms with Crippen molar-refractivity contribution in [2.45, 2.75) is 13.2 Å². The van der Waals surface area contributed by atoms with E-state index < -0.39 is 6.03 Å². The van der Waals surface area contributed by atoms with Crippen molar-refractivity contribution in [3.8, 4) is 0 Å². The molecule has 0 saturated carbocycles. The molecule has 0 fully saturated rings. The van der Waals surface area contributed by atoms with Gasteiger partial charge in [-0.15, -0.1) is 0 Å². The highest BCUT2D eigenvalue weighted by Crippen LogP contribution is 2.12. The Bertz CT molecular complexity index is 701. The number of methoxy groups -OCH3 is 1. The third kappa shape index (κ3) is 4.82. The fourth-order valence-corrected chi connectivity index (χ4v) is 2.18. The van der Waals surface area contributed by atoms with E-state index in [2.05, 4.69) is 10.6 Å². The third-order valence-corrected chi connectivity index (χ3v) is 3.25. The summed E-state index contributed by atoms with van der Waals surface area (Å²) < 4.78 is 5.15. The first-order chi connectivity index (χ1) is 11.1. The molecule has 0 unspecified atom stereocenters. The first kappa shape index (κ1) is 16.5. The van der Waals surface area contributed by atoms with E-state index in [4.69, 9.17) is 10.5 Å². The molecule has 0 aliphatic rings. The lowest BCUT2D eigenvalue weighted by atomic mass is 10.1. The van der Waals surface area contributed by atoms with Crippen LogP contribution in [0.15, 0.2) is 48.5 Å². The highest BCUT2D eigenvalue weighted by molar-refractivity contribution is 5.96. The van der Waals surface area contributed by atoms with E-state index in [-0.39, 0.29) is 5.91 Å². The molecule has 120 valence electrons. The van der Waals surface area contributed by atoms with Crippen molar-refractivity contribution in [1.29, 1.82) is 0 Å². The molecular formula is C17H19N3O3. The fraction of sp³-hybridized carbons (Fsp3) is 0.176. The van der Waals surface area contributed by atoms with Crippen LogP contribution in [0.4, 0.5) is 10.5 Å². The van der Waals surface area contributed by atoms with Gasteiger partial charge in [0.25, 0.3) is 5.91 Å². The summed E-state index contributed by atoms with van der Waals surface area (Å²) in [6.45, 7) is 0.885. The van der Waals surface area contributed by atoms with E-state index in [1.165, 1.54) is 0 Å². The van der Waals surface area contributed by atoms with Crippen molar-refractivity contribution in [3.05, 3.63) is 65.2 Å². The molecule has 0 saturated heterocycles. The monoisotopic (exact) mass is 313 g/mol. The van der Waals surface area contributed by atoms with Gasteiger partial charge < -0.3 is 21.1 Å². The first-order valence-electron chi connectivity index (χ1n) is 7.10. The standard InChI is InChI=1S/C17H19N3O3/c1-23-11-14-6-3-2-5-13(14)10-19-16(21)12-7-4-8-15(9-12)20-17(18)22/h2-9H,10-11H2,1H3,(H,19,21)(H3,18,20,22). The minimum absolute atomic E-state index is 0.231. The molecule has 3 amide bonds. The largest absolute Gasteiger partial charge is 0.380 e. The van der Waals surface area contributed by atoms with Crippen molar-refractivity contribution in [1.82, 2.24) is 5.32 Å². The van der Waals surface area contributed by atoms with Gasteiger partial charge >= 0.3 is 6.03 Å². The van der Waals surface area contributed by atoms with Gasteiger partial charge in [-0.2, -0.15) is 0 Å². The van der Waals surface area contributed by atoms with Crippen molar-refractivity contribution < 1.29 is 14.3 Å². The Hall–Kier alpha value is -2.86. The van der Waals surface area contributed by atoms with E-state index in [0.717, 1.165) is 11.1 Å². The highest BCUT2D eigenvalue weighted by atomic mass is 16.5. The topological polar surface area (TPSA) is 93.4 Å². The van der Waals surface area contributed by atoms with Crippen molar-refractivity contribution in [2.75, 3.05) is 12.4 Å². The quantitative estimate of drug-likeness (QED) is 0.763. The van der Waals surface area contributed by atoms with Crippen LogP contribution in [0.5, 0.6) is 0 Å². The first-order valence-corrected chi connectivity index (χ1v) is 7.10. The number of ether oxygens (including phenoxy) is 1. The van der Waals surface area contributed by atoms with Crippen LogP contribution >= 0.6 is 0 Å². The van der Waals surface area contributed by atoms with E-state index in [9.17, 15) is 9.59 Å². The van der Waals surface area contributed by atoms with Crippen LogP contribution in [-0.4, -0.2) is 19.0 Å². The second kappa shape index (κ2) is 7.95. The molecule has 2 aromatic rings. The smallest absolute Gasteiger partial charge is 0.316 e. The van der Waals surface area contributed by atoms with Crippen LogP contribution in [0.25, 0.3) is 0 Å². The van der Waals surface area contributed by atoms with Crippen LogP contribution < -0.4 is 16.4 Å². The van der Waals surface area contributed by atoms with Crippen molar-refractivity contribution in [2.24, 2.45) is 5.73 Å². The van der Waals surface area contributed by atoms with E-state index in [0.29, 0.717) is 24.4 Å². The molecule has 0 aromatic heterocycles. The zero-order valence-electron chi connectivity index (χ0n) is 12.8. The maximum Gasteiger partial charge on any atom is 0.316 e. The number of anilines is 1. The Labute approximate surface area is 134 Å². The van der Waals surface area contributed by atoms with Gasteiger partial charge in [-0.25, -0.2) is 4.79 Å². The van der Waals surface area contributed by atoms with Crippen LogP contribution in [0, 0.1) is 0 Å². The number of carbonyl (C=O) groups is 2. The van der Waals surface area contributed by atoms with Gasteiger partial charge in [-0.1, -0.05) is 30.3 Å². The zero-order chi connectivity index (χ0) is 16.7. The molecule has 2 rings (SSSR count). The normalized spacial score (nSPS) is 10.1. The minimum atomic E-state index is -0.670. The van der Waals surface area contributed by atoms with E-state index >= 15 is 0 Å². The number of hydrogen-bond donors (Lipinski definition) is 3. The molecule has 0 radical (unpaired) electrons. The molecule has 0 atom stereocenters. The van der Waals surface area contributed by atoms with Crippen LogP contribution in [0.2, 0.25) is 0 Å². The maximum absolute atomic E-state index is 12.2. The van der Waals surface area contributed by atoms with Gasteiger partial charge in [0.05, 0.1) is 6.61 Å². The average molecular weight is 313 g/mol. The zero-order valence-corrected chi connectivity index (χ0v) is 12.8. The van der Waals surface area contributed by atoms with Gasteiger partial charge in [-0.3, -0.25) is 4.79 Å². The predicted octanol–water partition coefficient (Wildman–Crippen LogP) is 2.25. The lowest BCUT2D eigenvalue weighted by molar-refractivity contribution is 0.0950. The fourth-order valence-electron chi connectivity index (χ4n) is 2.18. The number of primary amides is 1. The number of hydrogen-bond acceptors (Lipinski definition) is 3. The number of urea groups is 1. The molecule has 0 spiro atoms. The number of rotatable bonds is 6. The Morgan fingerprint density at radius 1 is 1.09 bits per heavy atom. The summed E-state index contributed by atoms with van der Waals surface area (Å²) in [5.74, 6) is -0.231. The van der Waals surface area contributed by atoms with Crippen molar-refractivity contribution in [3.63, 3.8) is 0 Å². The number of benzene rings is 2. The van der Waals surface area contributed by atoms with Crippen LogP contribution in [-0.2, 0) is 17.9 Å². The summed E-state index contributed by atoms with van der Waals surface area (Å²) in [4.78, 5) is 23.1. The van der Waals surface area contributed by atoms with Crippen LogP contribution in [0.3, 0.4) is 0 Å². The highest BCUT2D eigenvalue weighted by Gasteiger charge is 2.08. The molecule has 0 heterocycles. The Morgan fingerprint density at radius 3 is 2.52 bits per heavy atom. The lowest BCUT2D eigenvalue weighted by Crippen LogP contribution is -2.24. The minimum Gasteiger partial charge on any atom is -0.380 e. The summed E-state index contributed by atoms with van der Waals surface area (Å²) in [6.07, 6.45) is 0. The van der Waals surface area contributed by atoms with Crippen molar-refractivity contribution >= 4 is 17.6 Å². The summed E-state index contributed by atoms with van der Waals surface area (Å²) in [5, 5.41) is 5.30. The number of nitrogens with two attached hydrogens (primary N) is 1. The molecule has 4 N–H and O–H groups in total. The predicted molar refractivity (Wildman–Crippen MR) is 88.0 cm³/mol. The second-order valence-corrected chi connectivity index (χ2v) is 4.95. The SMILES string of the molecule is COCc1ccccc1CNC(=O)c1cccc(NC(N)=O)c1. The summed E-state index contributed by atoms with van der Waals surface area (Å²) in [5.41, 5.74) is 8.01.